The Kier molecular flexibility index (Phi) is 9.77. The van der Waals surface area contributed by atoms with E-state index >= 15 is 0 Å². The van der Waals surface area contributed by atoms with Gasteiger partial charge in [0.1, 0.15) is 42.6 Å². The summed E-state index contributed by atoms with van der Waals surface area (Å²) in [5.74, 6) is 1.51. The van der Waals surface area contributed by atoms with Gasteiger partial charge in [0, 0.05) is 5.41 Å². The fraction of sp³-hybridized carbons (Fsp3) is 0.440. The average Bonchev–Trinajstić information content (AvgIpc) is 3.20. The van der Waals surface area contributed by atoms with Crippen molar-refractivity contribution >= 4 is 34.2 Å². The highest BCUT2D eigenvalue weighted by molar-refractivity contribution is 14.1. The Bertz CT molecular complexity index is 1110. The summed E-state index contributed by atoms with van der Waals surface area (Å²) in [4.78, 5) is 0. The summed E-state index contributed by atoms with van der Waals surface area (Å²) < 4.78 is 13.9. The van der Waals surface area contributed by atoms with Crippen molar-refractivity contribution in [2.24, 2.45) is 0 Å². The highest BCUT2D eigenvalue weighted by Gasteiger charge is 2.24. The number of hydrogen-bond donors (Lipinski definition) is 3. The zero-order valence-corrected chi connectivity index (χ0v) is 22.9. The molecular formula is C25H31ClIN3O5. The first-order chi connectivity index (χ1) is 16.6. The van der Waals surface area contributed by atoms with Gasteiger partial charge < -0.3 is 24.8 Å². The van der Waals surface area contributed by atoms with Crippen LogP contribution in [0.15, 0.2) is 42.5 Å². The molecule has 0 aliphatic carbocycles. The second-order valence-corrected chi connectivity index (χ2v) is 10.3. The molecule has 0 radical (unpaired) electrons. The highest BCUT2D eigenvalue weighted by atomic mass is 127. The average molecular weight is 616 g/mol. The van der Waals surface area contributed by atoms with Crippen molar-refractivity contribution in [3.63, 3.8) is 0 Å². The Morgan fingerprint density at radius 1 is 1.03 bits per heavy atom. The molecule has 0 aliphatic heterocycles. The van der Waals surface area contributed by atoms with Gasteiger partial charge in [-0.25, -0.2) is 4.68 Å². The van der Waals surface area contributed by atoms with Gasteiger partial charge in [0.15, 0.2) is 0 Å². The molecule has 2 atom stereocenters. The molecule has 2 unspecified atom stereocenters. The summed E-state index contributed by atoms with van der Waals surface area (Å²) >= 11 is 7.85. The van der Waals surface area contributed by atoms with Crippen molar-refractivity contribution in [1.29, 1.82) is 0 Å². The second-order valence-electron chi connectivity index (χ2n) is 8.84. The SMILES string of the molecule is Cc1c(CO)nnn1CC(O)COc1ccc(C(C)(C)c2ccc(OCC(O)CCl)cc2)cc1I. The highest BCUT2D eigenvalue weighted by Crippen LogP contribution is 2.35. The molecule has 35 heavy (non-hydrogen) atoms. The Balaban J connectivity index is 1.62. The molecule has 10 heteroatoms. The van der Waals surface area contributed by atoms with Crippen molar-refractivity contribution in [3.8, 4) is 11.5 Å². The van der Waals surface area contributed by atoms with Crippen molar-refractivity contribution in [2.45, 2.75) is 51.5 Å². The lowest BCUT2D eigenvalue weighted by molar-refractivity contribution is 0.0878. The quantitative estimate of drug-likeness (QED) is 0.212. The molecule has 1 heterocycles. The smallest absolute Gasteiger partial charge is 0.132 e. The molecular weight excluding hydrogens is 585 g/mol. The molecule has 3 rings (SSSR count). The molecule has 0 fully saturated rings. The van der Waals surface area contributed by atoms with Crippen LogP contribution in [0.3, 0.4) is 0 Å². The van der Waals surface area contributed by atoms with Gasteiger partial charge in [0.05, 0.1) is 28.3 Å². The van der Waals surface area contributed by atoms with E-state index in [1.54, 1.807) is 11.6 Å². The van der Waals surface area contributed by atoms with E-state index in [1.807, 2.05) is 36.4 Å². The molecule has 8 nitrogen and oxygen atoms in total. The van der Waals surface area contributed by atoms with E-state index in [-0.39, 0.29) is 37.7 Å². The molecule has 3 N–H and O–H groups in total. The largest absolute Gasteiger partial charge is 0.491 e. The zero-order valence-electron chi connectivity index (χ0n) is 20.0. The molecule has 2 aromatic carbocycles. The standard InChI is InChI=1S/C25H31ClIN3O5/c1-16-23(13-31)28-29-30(16)12-20(33)15-35-24-9-6-18(10-22(24)27)25(2,3)17-4-7-21(8-5-17)34-14-19(32)11-26/h4-10,19-20,31-33H,11-15H2,1-3H3. The van der Waals surface area contributed by atoms with Gasteiger partial charge in [0.2, 0.25) is 0 Å². The first-order valence-corrected chi connectivity index (χ1v) is 12.8. The predicted molar refractivity (Wildman–Crippen MR) is 142 cm³/mol. The normalized spacial score (nSPS) is 13.5. The van der Waals surface area contributed by atoms with Crippen LogP contribution in [0.4, 0.5) is 0 Å². The summed E-state index contributed by atoms with van der Waals surface area (Å²) in [7, 11) is 0. The third-order valence-corrected chi connectivity index (χ3v) is 7.09. The van der Waals surface area contributed by atoms with E-state index in [1.165, 1.54) is 0 Å². The first kappa shape index (κ1) is 27.7. The Labute approximate surface area is 224 Å². The summed E-state index contributed by atoms with van der Waals surface area (Å²) in [6.45, 7) is 6.40. The van der Waals surface area contributed by atoms with E-state index in [2.05, 4.69) is 52.8 Å². The van der Waals surface area contributed by atoms with Crippen LogP contribution in [0.25, 0.3) is 0 Å². The number of ether oxygens (including phenoxy) is 2. The minimum Gasteiger partial charge on any atom is -0.491 e. The maximum atomic E-state index is 10.4. The predicted octanol–water partition coefficient (Wildman–Crippen LogP) is 3.43. The van der Waals surface area contributed by atoms with E-state index in [4.69, 9.17) is 21.1 Å². The van der Waals surface area contributed by atoms with Gasteiger partial charge >= 0.3 is 0 Å². The second kappa shape index (κ2) is 12.4. The number of aliphatic hydroxyl groups is 3. The lowest BCUT2D eigenvalue weighted by atomic mass is 9.78. The Morgan fingerprint density at radius 3 is 2.29 bits per heavy atom. The lowest BCUT2D eigenvalue weighted by Crippen LogP contribution is -2.25. The number of alkyl halides is 1. The summed E-state index contributed by atoms with van der Waals surface area (Å²) in [5, 5.41) is 37.0. The monoisotopic (exact) mass is 615 g/mol. The third-order valence-electron chi connectivity index (χ3n) is 5.89. The van der Waals surface area contributed by atoms with E-state index in [0.717, 1.165) is 20.4 Å². The van der Waals surface area contributed by atoms with Crippen LogP contribution in [0.2, 0.25) is 0 Å². The van der Waals surface area contributed by atoms with Crippen LogP contribution < -0.4 is 9.47 Å². The number of aromatic nitrogens is 3. The zero-order chi connectivity index (χ0) is 25.6. The van der Waals surface area contributed by atoms with Gasteiger partial charge in [-0.1, -0.05) is 37.3 Å². The topological polar surface area (TPSA) is 110 Å². The first-order valence-electron chi connectivity index (χ1n) is 11.2. The van der Waals surface area contributed by atoms with Crippen molar-refractivity contribution in [1.82, 2.24) is 15.0 Å². The van der Waals surface area contributed by atoms with Crippen molar-refractivity contribution in [3.05, 3.63) is 68.5 Å². The summed E-state index contributed by atoms with van der Waals surface area (Å²) in [6.07, 6.45) is -1.47. The molecule has 0 aliphatic rings. The summed E-state index contributed by atoms with van der Waals surface area (Å²) in [5.41, 5.74) is 3.20. The fourth-order valence-electron chi connectivity index (χ4n) is 3.53. The number of halogens is 2. The third kappa shape index (κ3) is 7.07. The van der Waals surface area contributed by atoms with Crippen LogP contribution in [-0.4, -0.2) is 61.6 Å². The fourth-order valence-corrected chi connectivity index (χ4v) is 4.29. The van der Waals surface area contributed by atoms with E-state index < -0.39 is 12.2 Å². The van der Waals surface area contributed by atoms with Crippen LogP contribution in [0, 0.1) is 10.5 Å². The number of hydrogen-bond acceptors (Lipinski definition) is 7. The molecule has 0 saturated heterocycles. The Hall–Kier alpha value is -1.92. The van der Waals surface area contributed by atoms with E-state index in [0.29, 0.717) is 17.2 Å². The molecule has 0 bridgehead atoms. The number of benzene rings is 2. The molecule has 0 spiro atoms. The number of rotatable bonds is 12. The van der Waals surface area contributed by atoms with Gasteiger partial charge in [-0.2, -0.15) is 0 Å². The van der Waals surface area contributed by atoms with Gasteiger partial charge in [-0.05, 0) is 64.9 Å². The molecule has 1 aromatic heterocycles. The summed E-state index contributed by atoms with van der Waals surface area (Å²) in [6, 6.07) is 13.8. The number of nitrogens with zero attached hydrogens (tertiary/aromatic N) is 3. The maximum Gasteiger partial charge on any atom is 0.132 e. The minimum absolute atomic E-state index is 0.104. The molecule has 0 saturated carbocycles. The van der Waals surface area contributed by atoms with Gasteiger partial charge in [-0.15, -0.1) is 16.7 Å². The van der Waals surface area contributed by atoms with Gasteiger partial charge in [-0.3, -0.25) is 0 Å². The number of aliphatic hydroxyl groups excluding tert-OH is 3. The van der Waals surface area contributed by atoms with E-state index in [9.17, 15) is 15.3 Å². The molecule has 190 valence electrons. The molecule has 0 amide bonds. The molecule has 3 aromatic rings. The van der Waals surface area contributed by atoms with Crippen LogP contribution in [0.1, 0.15) is 36.4 Å². The van der Waals surface area contributed by atoms with Gasteiger partial charge in [0.25, 0.3) is 0 Å². The lowest BCUT2D eigenvalue weighted by Gasteiger charge is -2.27. The Morgan fingerprint density at radius 2 is 1.69 bits per heavy atom. The van der Waals surface area contributed by atoms with Crippen molar-refractivity contribution < 1.29 is 24.8 Å². The van der Waals surface area contributed by atoms with Crippen LogP contribution >= 0.6 is 34.2 Å². The minimum atomic E-state index is -0.778. The van der Waals surface area contributed by atoms with Crippen LogP contribution in [0.5, 0.6) is 11.5 Å². The maximum absolute atomic E-state index is 10.4. The van der Waals surface area contributed by atoms with Crippen LogP contribution in [-0.2, 0) is 18.6 Å². The van der Waals surface area contributed by atoms with Crippen molar-refractivity contribution in [2.75, 3.05) is 19.1 Å².